The minimum absolute atomic E-state index is 0.127. The van der Waals surface area contributed by atoms with Crippen LogP contribution >= 0.6 is 27.7 Å². The van der Waals surface area contributed by atoms with E-state index < -0.39 is 0 Å². The summed E-state index contributed by atoms with van der Waals surface area (Å²) in [4.78, 5) is 17.7. The molecule has 3 aromatic carbocycles. The van der Waals surface area contributed by atoms with E-state index in [2.05, 4.69) is 32.2 Å². The number of amidine groups is 1. The number of nitrogens with one attached hydrogen (secondary N) is 1. The maximum atomic E-state index is 12.5. The molecule has 0 atom stereocenters. The first-order valence-corrected chi connectivity index (χ1v) is 10.9. The summed E-state index contributed by atoms with van der Waals surface area (Å²) in [7, 11) is 1.55. The van der Waals surface area contributed by atoms with Gasteiger partial charge in [0.2, 0.25) is 0 Å². The van der Waals surface area contributed by atoms with Gasteiger partial charge in [0.05, 0.1) is 22.2 Å². The van der Waals surface area contributed by atoms with Crippen molar-refractivity contribution < 1.29 is 14.3 Å². The van der Waals surface area contributed by atoms with E-state index in [9.17, 15) is 4.79 Å². The molecular formula is C24H17BrN2O3S. The number of hydrogen-bond donors (Lipinski definition) is 1. The number of nitrogens with zero attached hydrogens (tertiary/aromatic N) is 1. The Morgan fingerprint density at radius 1 is 1.23 bits per heavy atom. The Balaban J connectivity index is 1.63. The highest BCUT2D eigenvalue weighted by molar-refractivity contribution is 9.10. The molecule has 1 aliphatic heterocycles. The van der Waals surface area contributed by atoms with Gasteiger partial charge in [0, 0.05) is 5.39 Å². The third kappa shape index (κ3) is 4.61. The Hall–Kier alpha value is -3.21. The third-order valence-corrected chi connectivity index (χ3v) is 5.99. The molecule has 0 radical (unpaired) electrons. The highest BCUT2D eigenvalue weighted by Gasteiger charge is 2.24. The number of halogens is 1. The monoisotopic (exact) mass is 492 g/mol. The third-order valence-electron chi connectivity index (χ3n) is 4.49. The van der Waals surface area contributed by atoms with E-state index in [0.29, 0.717) is 26.0 Å². The van der Waals surface area contributed by atoms with Gasteiger partial charge in [0.25, 0.3) is 5.91 Å². The Morgan fingerprint density at radius 2 is 2.03 bits per heavy atom. The van der Waals surface area contributed by atoms with E-state index in [1.165, 1.54) is 11.8 Å². The summed E-state index contributed by atoms with van der Waals surface area (Å²) in [6.07, 6.45) is 7.05. The van der Waals surface area contributed by atoms with Crippen molar-refractivity contribution in [2.45, 2.75) is 0 Å². The number of amides is 1. The molecule has 3 aromatic rings. The molecule has 1 aliphatic rings. The van der Waals surface area contributed by atoms with Crippen molar-refractivity contribution in [3.05, 3.63) is 69.5 Å². The van der Waals surface area contributed by atoms with Crippen LogP contribution in [0.15, 0.2) is 69.0 Å². The van der Waals surface area contributed by atoms with Gasteiger partial charge in [-0.15, -0.1) is 6.42 Å². The summed E-state index contributed by atoms with van der Waals surface area (Å²) in [5, 5.41) is 5.50. The second-order valence-corrected chi connectivity index (χ2v) is 8.39. The van der Waals surface area contributed by atoms with E-state index in [1.807, 2.05) is 48.5 Å². The molecule has 0 bridgehead atoms. The lowest BCUT2D eigenvalue weighted by Crippen LogP contribution is -2.19. The van der Waals surface area contributed by atoms with Crippen LogP contribution in [-0.2, 0) is 4.79 Å². The summed E-state index contributed by atoms with van der Waals surface area (Å²) in [6.45, 7) is 0.127. The van der Waals surface area contributed by atoms with Crippen LogP contribution in [0.2, 0.25) is 0 Å². The first-order chi connectivity index (χ1) is 15.1. The number of methoxy groups -OCH3 is 1. The fourth-order valence-corrected chi connectivity index (χ4v) is 4.53. The van der Waals surface area contributed by atoms with Gasteiger partial charge in [0.15, 0.2) is 16.7 Å². The Labute approximate surface area is 192 Å². The van der Waals surface area contributed by atoms with E-state index in [-0.39, 0.29) is 12.5 Å². The van der Waals surface area contributed by atoms with Crippen LogP contribution < -0.4 is 14.8 Å². The minimum atomic E-state index is -0.202. The first-order valence-electron chi connectivity index (χ1n) is 9.30. The molecule has 7 heteroatoms. The van der Waals surface area contributed by atoms with E-state index >= 15 is 0 Å². The van der Waals surface area contributed by atoms with Gasteiger partial charge in [-0.1, -0.05) is 42.3 Å². The molecule has 0 spiro atoms. The molecule has 31 heavy (non-hydrogen) atoms. The van der Waals surface area contributed by atoms with Crippen LogP contribution in [0.5, 0.6) is 11.5 Å². The molecule has 1 N–H and O–H groups in total. The van der Waals surface area contributed by atoms with Gasteiger partial charge in [0.1, 0.15) is 6.61 Å². The molecule has 0 aliphatic carbocycles. The van der Waals surface area contributed by atoms with Crippen LogP contribution in [0.4, 0.5) is 5.69 Å². The molecule has 1 saturated heterocycles. The summed E-state index contributed by atoms with van der Waals surface area (Å²) in [5.41, 5.74) is 1.59. The summed E-state index contributed by atoms with van der Waals surface area (Å²) in [6, 6.07) is 17.6. The average Bonchev–Trinajstić information content (AvgIpc) is 3.11. The van der Waals surface area contributed by atoms with E-state index in [1.54, 1.807) is 19.3 Å². The van der Waals surface area contributed by atoms with Crippen LogP contribution in [0.3, 0.4) is 0 Å². The number of terminal acetylenes is 1. The van der Waals surface area contributed by atoms with Gasteiger partial charge in [-0.25, -0.2) is 4.99 Å². The molecule has 0 aromatic heterocycles. The lowest BCUT2D eigenvalue weighted by Gasteiger charge is -2.12. The fraction of sp³-hybridized carbons (Fsp3) is 0.0833. The van der Waals surface area contributed by atoms with E-state index in [0.717, 1.165) is 22.0 Å². The molecule has 0 unspecified atom stereocenters. The number of carbonyl (C=O) groups is 1. The minimum Gasteiger partial charge on any atom is -0.493 e. The molecule has 1 amide bonds. The van der Waals surface area contributed by atoms with Crippen molar-refractivity contribution in [3.63, 3.8) is 0 Å². The van der Waals surface area contributed by atoms with Crippen LogP contribution in [-0.4, -0.2) is 24.8 Å². The van der Waals surface area contributed by atoms with Gasteiger partial charge >= 0.3 is 0 Å². The molecule has 1 fully saturated rings. The van der Waals surface area contributed by atoms with Crippen molar-refractivity contribution in [1.82, 2.24) is 5.32 Å². The maximum Gasteiger partial charge on any atom is 0.264 e. The van der Waals surface area contributed by atoms with Crippen molar-refractivity contribution in [2.75, 3.05) is 13.7 Å². The summed E-state index contributed by atoms with van der Waals surface area (Å²) < 4.78 is 11.6. The van der Waals surface area contributed by atoms with Crippen molar-refractivity contribution in [3.8, 4) is 23.8 Å². The zero-order chi connectivity index (χ0) is 21.8. The maximum absolute atomic E-state index is 12.5. The number of carbonyl (C=O) groups excluding carboxylic acids is 1. The summed E-state index contributed by atoms with van der Waals surface area (Å²) in [5.74, 6) is 3.26. The molecule has 154 valence electrons. The first kappa shape index (κ1) is 21.0. The number of hydrogen-bond acceptors (Lipinski definition) is 5. The van der Waals surface area contributed by atoms with Crippen molar-refractivity contribution in [1.29, 1.82) is 0 Å². The van der Waals surface area contributed by atoms with Crippen molar-refractivity contribution >= 4 is 61.3 Å². The number of rotatable bonds is 5. The second-order valence-electron chi connectivity index (χ2n) is 6.51. The average molecular weight is 493 g/mol. The van der Waals surface area contributed by atoms with Gasteiger partial charge in [-0.2, -0.15) is 0 Å². The van der Waals surface area contributed by atoms with Crippen molar-refractivity contribution in [2.24, 2.45) is 4.99 Å². The zero-order valence-corrected chi connectivity index (χ0v) is 18.9. The van der Waals surface area contributed by atoms with Crippen LogP contribution in [0.25, 0.3) is 16.8 Å². The molecule has 0 saturated carbocycles. The predicted molar refractivity (Wildman–Crippen MR) is 130 cm³/mol. The zero-order valence-electron chi connectivity index (χ0n) is 16.5. The normalized spacial score (nSPS) is 15.8. The number of ether oxygens (including phenoxy) is 2. The molecule has 1 heterocycles. The number of thioether (sulfide) groups is 1. The largest absolute Gasteiger partial charge is 0.493 e. The Bertz CT molecular complexity index is 1270. The van der Waals surface area contributed by atoms with Gasteiger partial charge in [-0.3, -0.25) is 4.79 Å². The fourth-order valence-electron chi connectivity index (χ4n) is 3.12. The number of fused-ring (bicyclic) bond motifs is 1. The van der Waals surface area contributed by atoms with Gasteiger partial charge < -0.3 is 14.8 Å². The summed E-state index contributed by atoms with van der Waals surface area (Å²) >= 11 is 4.77. The quantitative estimate of drug-likeness (QED) is 0.376. The molecule has 5 nitrogen and oxygen atoms in total. The van der Waals surface area contributed by atoms with Crippen LogP contribution in [0, 0.1) is 12.3 Å². The lowest BCUT2D eigenvalue weighted by molar-refractivity contribution is -0.115. The smallest absolute Gasteiger partial charge is 0.264 e. The molecular weight excluding hydrogens is 476 g/mol. The topological polar surface area (TPSA) is 59.9 Å². The second kappa shape index (κ2) is 9.29. The standard InChI is InChI=1S/C24H17BrN2O3S/c1-3-11-30-22-18(25)12-15(13-20(22)29-2)14-21-23(28)27-24(31-21)26-19-10-6-8-16-7-4-5-9-17(16)19/h1,4-10,12-14H,11H2,2H3,(H,26,27,28)/b21-14-. The van der Waals surface area contributed by atoms with Crippen LogP contribution in [0.1, 0.15) is 5.56 Å². The number of aliphatic imine (C=N–C) groups is 1. The predicted octanol–water partition coefficient (Wildman–Crippen LogP) is 5.51. The Kier molecular flexibility index (Phi) is 6.31. The molecule has 4 rings (SSSR count). The number of benzene rings is 3. The van der Waals surface area contributed by atoms with Gasteiger partial charge in [-0.05, 0) is 62.9 Å². The Morgan fingerprint density at radius 3 is 2.84 bits per heavy atom. The SMILES string of the molecule is C#CCOc1c(Br)cc(/C=C2\SC(=Nc3cccc4ccccc34)NC2=O)cc1OC. The van der Waals surface area contributed by atoms with E-state index in [4.69, 9.17) is 15.9 Å². The highest BCUT2D eigenvalue weighted by atomic mass is 79.9. The highest BCUT2D eigenvalue weighted by Crippen LogP contribution is 2.38. The lowest BCUT2D eigenvalue weighted by atomic mass is 10.1.